The minimum atomic E-state index is -0.370. The zero-order chi connectivity index (χ0) is 11.8. The molecule has 1 aromatic rings. The molecule has 0 aliphatic rings. The Hall–Kier alpha value is -1.55. The summed E-state index contributed by atoms with van der Waals surface area (Å²) >= 11 is 0. The van der Waals surface area contributed by atoms with Crippen LogP contribution in [0.15, 0.2) is 30.3 Å². The number of rotatable bonds is 5. The van der Waals surface area contributed by atoms with Gasteiger partial charge in [0.25, 0.3) is 0 Å². The van der Waals surface area contributed by atoms with Gasteiger partial charge in [-0.1, -0.05) is 30.3 Å². The minimum absolute atomic E-state index is 0.314. The van der Waals surface area contributed by atoms with Crippen molar-refractivity contribution in [2.75, 3.05) is 27.2 Å². The zero-order valence-electron chi connectivity index (χ0n) is 9.77. The van der Waals surface area contributed by atoms with Crippen molar-refractivity contribution in [2.24, 2.45) is 0 Å². The second-order valence-corrected chi connectivity index (χ2v) is 3.79. The van der Waals surface area contributed by atoms with Crippen LogP contribution in [0.25, 0.3) is 0 Å². The summed E-state index contributed by atoms with van der Waals surface area (Å²) in [4.78, 5) is 13.2. The molecule has 1 amide bonds. The molecule has 0 spiro atoms. The zero-order valence-corrected chi connectivity index (χ0v) is 9.77. The highest BCUT2D eigenvalue weighted by Gasteiger charge is 2.01. The molecule has 0 atom stereocenters. The van der Waals surface area contributed by atoms with Gasteiger partial charge in [-0.25, -0.2) is 4.79 Å². The summed E-state index contributed by atoms with van der Waals surface area (Å²) < 4.78 is 5.04. The van der Waals surface area contributed by atoms with Crippen molar-refractivity contribution in [1.29, 1.82) is 0 Å². The summed E-state index contributed by atoms with van der Waals surface area (Å²) in [6.07, 6.45) is -0.370. The Bertz CT molecular complexity index is 312. The van der Waals surface area contributed by atoms with Gasteiger partial charge in [0, 0.05) is 13.1 Å². The third kappa shape index (κ3) is 5.36. The minimum Gasteiger partial charge on any atom is -0.445 e. The topological polar surface area (TPSA) is 41.6 Å². The first kappa shape index (κ1) is 12.5. The van der Waals surface area contributed by atoms with Crippen molar-refractivity contribution in [3.05, 3.63) is 35.9 Å². The van der Waals surface area contributed by atoms with Crippen LogP contribution in [0.1, 0.15) is 5.56 Å². The number of hydrogen-bond acceptors (Lipinski definition) is 3. The Morgan fingerprint density at radius 3 is 2.62 bits per heavy atom. The summed E-state index contributed by atoms with van der Waals surface area (Å²) in [5, 5.41) is 2.68. The van der Waals surface area contributed by atoms with Gasteiger partial charge in [0.05, 0.1) is 0 Å². The fourth-order valence-corrected chi connectivity index (χ4v) is 1.16. The maximum Gasteiger partial charge on any atom is 0.407 e. The first-order valence-corrected chi connectivity index (χ1v) is 5.28. The molecule has 1 rings (SSSR count). The number of amides is 1. The van der Waals surface area contributed by atoms with Gasteiger partial charge in [0.1, 0.15) is 6.61 Å². The van der Waals surface area contributed by atoms with Crippen molar-refractivity contribution in [2.45, 2.75) is 6.61 Å². The van der Waals surface area contributed by atoms with E-state index >= 15 is 0 Å². The fourth-order valence-electron chi connectivity index (χ4n) is 1.16. The van der Waals surface area contributed by atoms with E-state index in [0.717, 1.165) is 12.1 Å². The van der Waals surface area contributed by atoms with E-state index in [0.29, 0.717) is 13.2 Å². The van der Waals surface area contributed by atoms with Crippen molar-refractivity contribution in [3.63, 3.8) is 0 Å². The molecule has 0 saturated carbocycles. The lowest BCUT2D eigenvalue weighted by Crippen LogP contribution is -2.31. The molecule has 0 aromatic heterocycles. The number of benzene rings is 1. The van der Waals surface area contributed by atoms with E-state index in [4.69, 9.17) is 4.74 Å². The van der Waals surface area contributed by atoms with E-state index in [1.54, 1.807) is 0 Å². The Kier molecular flexibility index (Phi) is 5.36. The lowest BCUT2D eigenvalue weighted by molar-refractivity contribution is 0.139. The molecule has 0 aliphatic heterocycles. The predicted octanol–water partition coefficient (Wildman–Crippen LogP) is 1.47. The van der Waals surface area contributed by atoms with Crippen molar-refractivity contribution < 1.29 is 9.53 Å². The standard InChI is InChI=1S/C12H18N2O2/c1-14(2)9-8-13-12(15)16-10-11-6-4-3-5-7-11/h3-7H,8-10H2,1-2H3,(H,13,15). The van der Waals surface area contributed by atoms with E-state index in [-0.39, 0.29) is 6.09 Å². The summed E-state index contributed by atoms with van der Waals surface area (Å²) in [6, 6.07) is 9.62. The third-order valence-electron chi connectivity index (χ3n) is 2.04. The first-order chi connectivity index (χ1) is 7.68. The second kappa shape index (κ2) is 6.85. The highest BCUT2D eigenvalue weighted by Crippen LogP contribution is 2.00. The average molecular weight is 222 g/mol. The molecular weight excluding hydrogens is 204 g/mol. The molecule has 0 fully saturated rings. The molecule has 1 aromatic carbocycles. The van der Waals surface area contributed by atoms with Gasteiger partial charge in [0.15, 0.2) is 0 Å². The van der Waals surface area contributed by atoms with Gasteiger partial charge in [0.2, 0.25) is 0 Å². The number of alkyl carbamates (subject to hydrolysis) is 1. The van der Waals surface area contributed by atoms with E-state index in [2.05, 4.69) is 5.32 Å². The lowest BCUT2D eigenvalue weighted by atomic mass is 10.2. The number of carbonyl (C=O) groups excluding carboxylic acids is 1. The maximum absolute atomic E-state index is 11.2. The molecule has 88 valence electrons. The molecular formula is C12H18N2O2. The van der Waals surface area contributed by atoms with Gasteiger partial charge in [-0.15, -0.1) is 0 Å². The van der Waals surface area contributed by atoms with Gasteiger partial charge >= 0.3 is 6.09 Å². The molecule has 4 nitrogen and oxygen atoms in total. The number of nitrogens with one attached hydrogen (secondary N) is 1. The summed E-state index contributed by atoms with van der Waals surface area (Å²) in [5.74, 6) is 0. The highest BCUT2D eigenvalue weighted by atomic mass is 16.5. The Balaban J connectivity index is 2.16. The molecule has 16 heavy (non-hydrogen) atoms. The number of hydrogen-bond donors (Lipinski definition) is 1. The van der Waals surface area contributed by atoms with E-state index in [1.807, 2.05) is 49.3 Å². The van der Waals surface area contributed by atoms with Crippen LogP contribution in [0.3, 0.4) is 0 Å². The van der Waals surface area contributed by atoms with Gasteiger partial charge < -0.3 is 15.0 Å². The quantitative estimate of drug-likeness (QED) is 0.820. The molecule has 4 heteroatoms. The molecule has 0 aliphatic carbocycles. The van der Waals surface area contributed by atoms with Crippen LogP contribution in [-0.2, 0) is 11.3 Å². The average Bonchev–Trinajstić information content (AvgIpc) is 2.27. The first-order valence-electron chi connectivity index (χ1n) is 5.28. The van der Waals surface area contributed by atoms with Gasteiger partial charge in [-0.2, -0.15) is 0 Å². The smallest absolute Gasteiger partial charge is 0.407 e. The van der Waals surface area contributed by atoms with Crippen LogP contribution in [0.4, 0.5) is 4.79 Å². The maximum atomic E-state index is 11.2. The van der Waals surface area contributed by atoms with E-state index in [1.165, 1.54) is 0 Å². The largest absolute Gasteiger partial charge is 0.445 e. The number of ether oxygens (including phenoxy) is 1. The molecule has 0 unspecified atom stereocenters. The van der Waals surface area contributed by atoms with Crippen LogP contribution in [0.2, 0.25) is 0 Å². The normalized spacial score (nSPS) is 10.2. The number of carbonyl (C=O) groups is 1. The van der Waals surface area contributed by atoms with Crippen LogP contribution >= 0.6 is 0 Å². The van der Waals surface area contributed by atoms with Crippen LogP contribution < -0.4 is 5.32 Å². The number of nitrogens with zero attached hydrogens (tertiary/aromatic N) is 1. The Labute approximate surface area is 96.2 Å². The monoisotopic (exact) mass is 222 g/mol. The summed E-state index contributed by atoms with van der Waals surface area (Å²) in [6.45, 7) is 1.72. The van der Waals surface area contributed by atoms with Crippen molar-refractivity contribution >= 4 is 6.09 Å². The second-order valence-electron chi connectivity index (χ2n) is 3.79. The molecule has 0 saturated heterocycles. The van der Waals surface area contributed by atoms with Crippen LogP contribution in [-0.4, -0.2) is 38.2 Å². The van der Waals surface area contributed by atoms with Crippen molar-refractivity contribution in [3.8, 4) is 0 Å². The molecule has 0 radical (unpaired) electrons. The third-order valence-corrected chi connectivity index (χ3v) is 2.04. The fraction of sp³-hybridized carbons (Fsp3) is 0.417. The van der Waals surface area contributed by atoms with Crippen LogP contribution in [0.5, 0.6) is 0 Å². The Morgan fingerprint density at radius 2 is 2.00 bits per heavy atom. The van der Waals surface area contributed by atoms with Crippen molar-refractivity contribution in [1.82, 2.24) is 10.2 Å². The van der Waals surface area contributed by atoms with Crippen LogP contribution in [0, 0.1) is 0 Å². The van der Waals surface area contributed by atoms with Gasteiger partial charge in [-0.05, 0) is 19.7 Å². The molecule has 0 heterocycles. The van der Waals surface area contributed by atoms with E-state index < -0.39 is 0 Å². The number of likely N-dealkylation sites (N-methyl/N-ethyl adjacent to an activating group) is 1. The lowest BCUT2D eigenvalue weighted by Gasteiger charge is -2.10. The molecule has 1 N–H and O–H groups in total. The molecule has 0 bridgehead atoms. The predicted molar refractivity (Wildman–Crippen MR) is 63.2 cm³/mol. The SMILES string of the molecule is CN(C)CCNC(=O)OCc1ccccc1. The van der Waals surface area contributed by atoms with E-state index in [9.17, 15) is 4.79 Å². The highest BCUT2D eigenvalue weighted by molar-refractivity contribution is 5.67. The summed E-state index contributed by atoms with van der Waals surface area (Å²) in [5.41, 5.74) is 0.991. The van der Waals surface area contributed by atoms with Gasteiger partial charge in [-0.3, -0.25) is 0 Å². The Morgan fingerprint density at radius 1 is 1.31 bits per heavy atom. The summed E-state index contributed by atoms with van der Waals surface area (Å²) in [7, 11) is 3.91.